The van der Waals surface area contributed by atoms with Crippen LogP contribution in [0.4, 0.5) is 0 Å². The summed E-state index contributed by atoms with van der Waals surface area (Å²) in [5.41, 5.74) is 3.07. The van der Waals surface area contributed by atoms with E-state index in [0.717, 1.165) is 28.4 Å². The molecule has 0 aliphatic carbocycles. The second kappa shape index (κ2) is 8.17. The lowest BCUT2D eigenvalue weighted by Crippen LogP contribution is -2.26. The van der Waals surface area contributed by atoms with Crippen LogP contribution in [0.3, 0.4) is 0 Å². The summed E-state index contributed by atoms with van der Waals surface area (Å²) < 4.78 is 7.24. The van der Waals surface area contributed by atoms with Gasteiger partial charge in [0, 0.05) is 13.6 Å². The Kier molecular flexibility index (Phi) is 5.71. The van der Waals surface area contributed by atoms with Crippen LogP contribution >= 0.6 is 0 Å². The molecule has 0 bridgehead atoms. The van der Waals surface area contributed by atoms with E-state index >= 15 is 0 Å². The predicted molar refractivity (Wildman–Crippen MR) is 103 cm³/mol. The molecular weight excluding hydrogens is 326 g/mol. The first-order valence-electron chi connectivity index (χ1n) is 8.72. The zero-order valence-electron chi connectivity index (χ0n) is 15.4. The van der Waals surface area contributed by atoms with Gasteiger partial charge in [0.25, 0.3) is 0 Å². The van der Waals surface area contributed by atoms with Gasteiger partial charge >= 0.3 is 0 Å². The van der Waals surface area contributed by atoms with Crippen molar-refractivity contribution in [1.29, 1.82) is 0 Å². The fraction of sp³-hybridized carbons (Fsp3) is 0.286. The molecule has 0 amide bonds. The van der Waals surface area contributed by atoms with Crippen LogP contribution in [0.15, 0.2) is 60.8 Å². The lowest BCUT2D eigenvalue weighted by atomic mass is 10.1. The molecule has 1 aromatic heterocycles. The Balaban J connectivity index is 1.65. The standard InChI is InChI=1S/C21H25N3O2/c1-15(22-14-20(25)17-9-11-18(26-3)12-10-17)21-23-13-19(24(21)2)16-7-5-4-6-8-16/h4-13,15,20,22,25H,14H2,1-3H3/t15?,20-/m0/s1. The molecule has 0 spiro atoms. The molecular formula is C21H25N3O2. The summed E-state index contributed by atoms with van der Waals surface area (Å²) >= 11 is 0. The predicted octanol–water partition coefficient (Wildman–Crippen LogP) is 3.48. The number of aliphatic hydroxyl groups excluding tert-OH is 1. The van der Waals surface area contributed by atoms with Gasteiger partial charge in [-0.25, -0.2) is 4.98 Å². The third-order valence-electron chi connectivity index (χ3n) is 4.60. The summed E-state index contributed by atoms with van der Waals surface area (Å²) in [5, 5.41) is 13.8. The number of methoxy groups -OCH3 is 1. The number of hydrogen-bond donors (Lipinski definition) is 2. The van der Waals surface area contributed by atoms with Gasteiger partial charge in [0.05, 0.1) is 31.1 Å². The van der Waals surface area contributed by atoms with Gasteiger partial charge in [-0.05, 0) is 30.2 Å². The summed E-state index contributed by atoms with van der Waals surface area (Å²) in [5.74, 6) is 1.72. The number of hydrogen-bond acceptors (Lipinski definition) is 4. The molecule has 136 valence electrons. The van der Waals surface area contributed by atoms with Crippen molar-refractivity contribution in [2.45, 2.75) is 19.1 Å². The van der Waals surface area contributed by atoms with Crippen LogP contribution < -0.4 is 10.1 Å². The number of rotatable bonds is 7. The molecule has 1 unspecified atom stereocenters. The molecule has 0 radical (unpaired) electrons. The van der Waals surface area contributed by atoms with E-state index in [9.17, 15) is 5.11 Å². The number of aliphatic hydroxyl groups is 1. The molecule has 26 heavy (non-hydrogen) atoms. The fourth-order valence-electron chi connectivity index (χ4n) is 3.03. The molecule has 2 atom stereocenters. The normalized spacial score (nSPS) is 13.4. The molecule has 2 N–H and O–H groups in total. The number of aromatic nitrogens is 2. The number of nitrogens with one attached hydrogen (secondary N) is 1. The maximum absolute atomic E-state index is 10.4. The maximum Gasteiger partial charge on any atom is 0.125 e. The minimum absolute atomic E-state index is 0.0189. The average Bonchev–Trinajstić information content (AvgIpc) is 3.08. The molecule has 0 fully saturated rings. The highest BCUT2D eigenvalue weighted by molar-refractivity contribution is 5.59. The fourth-order valence-corrected chi connectivity index (χ4v) is 3.03. The first-order valence-corrected chi connectivity index (χ1v) is 8.72. The molecule has 1 heterocycles. The number of ether oxygens (including phenoxy) is 1. The van der Waals surface area contributed by atoms with E-state index in [0.29, 0.717) is 6.54 Å². The van der Waals surface area contributed by atoms with Gasteiger partial charge in [0.1, 0.15) is 11.6 Å². The molecule has 3 rings (SSSR count). The average molecular weight is 351 g/mol. The SMILES string of the molecule is COc1ccc([C@@H](O)CNC(C)c2ncc(-c3ccccc3)n2C)cc1. The van der Waals surface area contributed by atoms with E-state index in [2.05, 4.69) is 33.9 Å². The van der Waals surface area contributed by atoms with Crippen LogP contribution in [-0.2, 0) is 7.05 Å². The zero-order chi connectivity index (χ0) is 18.5. The van der Waals surface area contributed by atoms with Crippen molar-refractivity contribution >= 4 is 0 Å². The number of nitrogens with zero attached hydrogens (tertiary/aromatic N) is 2. The van der Waals surface area contributed by atoms with Gasteiger partial charge in [0.2, 0.25) is 0 Å². The van der Waals surface area contributed by atoms with E-state index in [1.54, 1.807) is 7.11 Å². The Morgan fingerprint density at radius 3 is 2.46 bits per heavy atom. The minimum atomic E-state index is -0.586. The number of benzene rings is 2. The second-order valence-corrected chi connectivity index (χ2v) is 6.35. The highest BCUT2D eigenvalue weighted by atomic mass is 16.5. The van der Waals surface area contributed by atoms with Crippen LogP contribution in [0, 0.1) is 0 Å². The number of imidazole rings is 1. The lowest BCUT2D eigenvalue weighted by Gasteiger charge is -2.18. The Morgan fingerprint density at radius 2 is 1.81 bits per heavy atom. The second-order valence-electron chi connectivity index (χ2n) is 6.35. The molecule has 5 heteroatoms. The lowest BCUT2D eigenvalue weighted by molar-refractivity contribution is 0.170. The van der Waals surface area contributed by atoms with Crippen molar-refractivity contribution in [2.24, 2.45) is 7.05 Å². The van der Waals surface area contributed by atoms with Gasteiger partial charge < -0.3 is 19.7 Å². The van der Waals surface area contributed by atoms with Crippen molar-refractivity contribution in [3.8, 4) is 17.0 Å². The maximum atomic E-state index is 10.4. The topological polar surface area (TPSA) is 59.3 Å². The first kappa shape index (κ1) is 18.2. The van der Waals surface area contributed by atoms with E-state index in [1.807, 2.05) is 55.7 Å². The van der Waals surface area contributed by atoms with E-state index in [4.69, 9.17) is 4.74 Å². The largest absolute Gasteiger partial charge is 0.497 e. The molecule has 0 saturated heterocycles. The van der Waals surface area contributed by atoms with E-state index in [1.165, 1.54) is 0 Å². The molecule has 0 saturated carbocycles. The van der Waals surface area contributed by atoms with Crippen LogP contribution in [0.2, 0.25) is 0 Å². The van der Waals surface area contributed by atoms with Gasteiger partial charge in [-0.1, -0.05) is 42.5 Å². The Bertz CT molecular complexity index is 828. The van der Waals surface area contributed by atoms with Crippen LogP contribution in [0.25, 0.3) is 11.3 Å². The molecule has 5 nitrogen and oxygen atoms in total. The summed E-state index contributed by atoms with van der Waals surface area (Å²) in [4.78, 5) is 4.57. The first-order chi connectivity index (χ1) is 12.6. The third-order valence-corrected chi connectivity index (χ3v) is 4.60. The summed E-state index contributed by atoms with van der Waals surface area (Å²) in [6, 6.07) is 17.7. The van der Waals surface area contributed by atoms with Crippen molar-refractivity contribution in [2.75, 3.05) is 13.7 Å². The van der Waals surface area contributed by atoms with Crippen molar-refractivity contribution in [3.63, 3.8) is 0 Å². The van der Waals surface area contributed by atoms with Gasteiger partial charge in [-0.15, -0.1) is 0 Å². The van der Waals surface area contributed by atoms with E-state index < -0.39 is 6.10 Å². The van der Waals surface area contributed by atoms with Gasteiger partial charge in [0.15, 0.2) is 0 Å². The Hall–Kier alpha value is -2.63. The van der Waals surface area contributed by atoms with Crippen molar-refractivity contribution in [3.05, 3.63) is 72.2 Å². The van der Waals surface area contributed by atoms with Crippen LogP contribution in [0.5, 0.6) is 5.75 Å². The van der Waals surface area contributed by atoms with E-state index in [-0.39, 0.29) is 6.04 Å². The molecule has 0 aliphatic rings. The molecule has 3 aromatic rings. The van der Waals surface area contributed by atoms with Crippen LogP contribution in [-0.4, -0.2) is 28.3 Å². The molecule has 2 aromatic carbocycles. The highest BCUT2D eigenvalue weighted by Crippen LogP contribution is 2.23. The quantitative estimate of drug-likeness (QED) is 0.684. The monoisotopic (exact) mass is 351 g/mol. The van der Waals surface area contributed by atoms with Gasteiger partial charge in [-0.3, -0.25) is 0 Å². The summed E-state index contributed by atoms with van der Waals surface area (Å²) in [7, 11) is 3.65. The van der Waals surface area contributed by atoms with Crippen LogP contribution in [0.1, 0.15) is 30.5 Å². The third kappa shape index (κ3) is 3.95. The Labute approximate surface area is 154 Å². The molecule has 0 aliphatic heterocycles. The zero-order valence-corrected chi connectivity index (χ0v) is 15.4. The summed E-state index contributed by atoms with van der Waals surface area (Å²) in [6.07, 6.45) is 1.31. The smallest absolute Gasteiger partial charge is 0.125 e. The van der Waals surface area contributed by atoms with Crippen molar-refractivity contribution in [1.82, 2.24) is 14.9 Å². The van der Waals surface area contributed by atoms with Gasteiger partial charge in [-0.2, -0.15) is 0 Å². The van der Waals surface area contributed by atoms with Crippen molar-refractivity contribution < 1.29 is 9.84 Å². The Morgan fingerprint density at radius 1 is 1.12 bits per heavy atom. The minimum Gasteiger partial charge on any atom is -0.497 e. The summed E-state index contributed by atoms with van der Waals surface area (Å²) in [6.45, 7) is 2.50. The highest BCUT2D eigenvalue weighted by Gasteiger charge is 2.16.